The molecule has 8 aliphatic carbocycles. The third kappa shape index (κ3) is 15.1. The Balaban J connectivity index is 0.000000187. The summed E-state index contributed by atoms with van der Waals surface area (Å²) in [5.41, 5.74) is 6.56. The van der Waals surface area contributed by atoms with Gasteiger partial charge in [-0.25, -0.2) is 0 Å². The van der Waals surface area contributed by atoms with Crippen molar-refractivity contribution in [1.82, 2.24) is 0 Å². The summed E-state index contributed by atoms with van der Waals surface area (Å²) in [5, 5.41) is 11.4. The lowest BCUT2D eigenvalue weighted by Crippen LogP contribution is -2.58. The molecule has 1 aromatic carbocycles. The third-order valence-electron chi connectivity index (χ3n) is 26.4. The molecule has 1 N–H and O–H groups in total. The molecular weight excluding hydrogens is 1030 g/mol. The second kappa shape index (κ2) is 29.3. The number of hydrogen-bond donors (Lipinski definition) is 1. The highest BCUT2D eigenvalue weighted by Crippen LogP contribution is 2.70. The van der Waals surface area contributed by atoms with Crippen LogP contribution < -0.4 is 0 Å². The van der Waals surface area contributed by atoms with Gasteiger partial charge in [0, 0.05) is 25.2 Å². The van der Waals surface area contributed by atoms with Crippen molar-refractivity contribution in [1.29, 1.82) is 0 Å². The van der Waals surface area contributed by atoms with Crippen molar-refractivity contribution < 1.29 is 29.0 Å². The molecule has 6 nitrogen and oxygen atoms in total. The van der Waals surface area contributed by atoms with Gasteiger partial charge in [0.25, 0.3) is 0 Å². The normalized spacial score (nSPS) is 36.9. The molecule has 7 saturated carbocycles. The van der Waals surface area contributed by atoms with Gasteiger partial charge in [-0.05, 0) is 230 Å². The molecule has 0 amide bonds. The van der Waals surface area contributed by atoms with Crippen molar-refractivity contribution in [3.8, 4) is 0 Å². The molecule has 0 radical (unpaired) electrons. The Hall–Kier alpha value is -2.73. The van der Waals surface area contributed by atoms with Crippen LogP contribution in [-0.2, 0) is 30.5 Å². The average molecular weight is 1160 g/mol. The number of rotatable bonds is 20. The maximum Gasteiger partial charge on any atom is 0.308 e. The maximum absolute atomic E-state index is 12.2. The standard InChI is InChI=1S/C32H54O2.C28H48O2.C18H26O2/c1-20(2)22(5)9-10-23(6)27-13-14-28-26-12-11-24-19-25(34-30(33)21(3)4)15-17-31(24,7)29(26)16-18-32(27,28)8;1-17(2)24(29)10-7-19(4)21-8-9-22-26-23(12-14-28(21,22)6)27(5)13-11-18(3)15-20(27)16-25(26)30;1-5-6-7-12-18(19)20-13-16-10-8-9-11-17(16)15(4)14(2)3/h11,20-23,25-29H,9-10,12-19H2,1-8H3;17-23,25-26,30H,7-16H2,1-6H3;8-11,14H,4-7,12-13H2,1-3H3/t22-,23-,25+,26+,27-,28+,29+,31+,32-;18-,19-,20+,21-,22+,23+,25+,26+,27+,28-;/m11./s1. The number of aliphatic hydroxyl groups excluding tert-OH is 1. The number of benzene rings is 1. The molecule has 0 aliphatic heterocycles. The molecular formula is C78H128O6. The molecule has 84 heavy (non-hydrogen) atoms. The Labute approximate surface area is 516 Å². The number of ketones is 1. The van der Waals surface area contributed by atoms with E-state index in [1.165, 1.54) is 96.3 Å². The van der Waals surface area contributed by atoms with Crippen LogP contribution in [0.3, 0.4) is 0 Å². The first kappa shape index (κ1) is 68.8. The second-order valence-electron chi connectivity index (χ2n) is 32.7. The van der Waals surface area contributed by atoms with Gasteiger partial charge in [0.2, 0.25) is 0 Å². The molecule has 1 aromatic rings. The SMILES string of the molecule is C=C(c1ccccc1COC(=O)CCCCC)C(C)C.CC(C)C(=O)CC[C@@H](C)[C@H]1CC[C@H]2[C@@H]3[C@@H](O)C[C@@H]4C[C@H](C)CC[C@]4(C)[C@H]3CC[C@]12C.CC(C)C(=O)O[C@H]1CC[C@@]2(C)C(=CC[C@H]3[C@@H]4CC[C@H]([C@H](C)CC[C@@H](C)C(C)C)[C@@]4(C)CC[C@@H]32)C1. The Kier molecular flexibility index (Phi) is 24.0. The van der Waals surface area contributed by atoms with Gasteiger partial charge in [-0.1, -0.05) is 192 Å². The van der Waals surface area contributed by atoms with Gasteiger partial charge in [0.15, 0.2) is 0 Å². The zero-order valence-corrected chi connectivity index (χ0v) is 57.2. The van der Waals surface area contributed by atoms with Gasteiger partial charge in [-0.15, -0.1) is 0 Å². The molecule has 0 saturated heterocycles. The van der Waals surface area contributed by atoms with Gasteiger partial charge in [0.1, 0.15) is 18.5 Å². The predicted octanol–water partition coefficient (Wildman–Crippen LogP) is 20.7. The first-order valence-electron chi connectivity index (χ1n) is 35.6. The molecule has 0 unspecified atom stereocenters. The van der Waals surface area contributed by atoms with Crippen molar-refractivity contribution in [3.63, 3.8) is 0 Å². The van der Waals surface area contributed by atoms with E-state index in [1.807, 2.05) is 52.0 Å². The van der Waals surface area contributed by atoms with Crippen LogP contribution in [0.4, 0.5) is 0 Å². The molecule has 8 aliphatic rings. The van der Waals surface area contributed by atoms with Crippen LogP contribution in [0.25, 0.3) is 5.57 Å². The number of ether oxygens (including phenoxy) is 2. The largest absolute Gasteiger partial charge is 0.462 e. The molecule has 7 fully saturated rings. The molecule has 9 rings (SSSR count). The third-order valence-corrected chi connectivity index (χ3v) is 26.4. The van der Waals surface area contributed by atoms with Crippen LogP contribution in [0.5, 0.6) is 0 Å². The molecule has 19 atom stereocenters. The van der Waals surface area contributed by atoms with E-state index in [0.717, 1.165) is 133 Å². The van der Waals surface area contributed by atoms with E-state index in [9.17, 15) is 19.5 Å². The van der Waals surface area contributed by atoms with E-state index in [-0.39, 0.29) is 36.0 Å². The Morgan fingerprint density at radius 1 is 0.667 bits per heavy atom. The van der Waals surface area contributed by atoms with E-state index < -0.39 is 0 Å². The summed E-state index contributed by atoms with van der Waals surface area (Å²) in [6, 6.07) is 8.01. The van der Waals surface area contributed by atoms with Gasteiger partial charge in [0.05, 0.1) is 12.0 Å². The molecule has 6 heteroatoms. The summed E-state index contributed by atoms with van der Waals surface area (Å²) < 4.78 is 11.2. The number of Topliss-reactive ketones (excluding diaryl/α,β-unsaturated/α-hetero) is 1. The molecule has 0 bridgehead atoms. The van der Waals surface area contributed by atoms with E-state index >= 15 is 0 Å². The second-order valence-corrected chi connectivity index (χ2v) is 32.7. The van der Waals surface area contributed by atoms with E-state index in [4.69, 9.17) is 9.47 Å². The Morgan fingerprint density at radius 2 is 1.29 bits per heavy atom. The van der Waals surface area contributed by atoms with E-state index in [1.54, 1.807) is 5.57 Å². The number of carbonyl (C=O) groups is 3. The highest BCUT2D eigenvalue weighted by Gasteiger charge is 2.63. The molecule has 0 heterocycles. The number of fused-ring (bicyclic) bond motifs is 10. The number of esters is 2. The van der Waals surface area contributed by atoms with Crippen molar-refractivity contribution in [2.24, 2.45) is 122 Å². The molecule has 0 aromatic heterocycles. The monoisotopic (exact) mass is 1160 g/mol. The summed E-state index contributed by atoms with van der Waals surface area (Å²) in [7, 11) is 0. The van der Waals surface area contributed by atoms with Gasteiger partial charge in [-0.3, -0.25) is 14.4 Å². The van der Waals surface area contributed by atoms with Crippen molar-refractivity contribution in [2.75, 3.05) is 0 Å². The summed E-state index contributed by atoms with van der Waals surface area (Å²) >= 11 is 0. The van der Waals surface area contributed by atoms with Crippen LogP contribution in [0.1, 0.15) is 283 Å². The first-order chi connectivity index (χ1) is 39.6. The minimum Gasteiger partial charge on any atom is -0.462 e. The topological polar surface area (TPSA) is 89.9 Å². The maximum atomic E-state index is 12.2. The van der Waals surface area contributed by atoms with Gasteiger partial charge < -0.3 is 14.6 Å². The number of allylic oxidation sites excluding steroid dienone is 2. The molecule has 476 valence electrons. The predicted molar refractivity (Wildman–Crippen MR) is 351 cm³/mol. The van der Waals surface area contributed by atoms with Gasteiger partial charge >= 0.3 is 11.9 Å². The summed E-state index contributed by atoms with van der Waals surface area (Å²) in [4.78, 5) is 36.1. The lowest BCUT2D eigenvalue weighted by atomic mass is 9.43. The van der Waals surface area contributed by atoms with Gasteiger partial charge in [-0.2, -0.15) is 0 Å². The molecule has 0 spiro atoms. The lowest BCUT2D eigenvalue weighted by Gasteiger charge is -2.62. The minimum absolute atomic E-state index is 0.0229. The summed E-state index contributed by atoms with van der Waals surface area (Å²) in [6.07, 6.45) is 31.6. The smallest absolute Gasteiger partial charge is 0.308 e. The fourth-order valence-electron chi connectivity index (χ4n) is 20.4. The van der Waals surface area contributed by atoms with Crippen molar-refractivity contribution in [2.45, 2.75) is 291 Å². The number of aliphatic hydroxyl groups is 1. The summed E-state index contributed by atoms with van der Waals surface area (Å²) in [5.74, 6) is 11.8. The van der Waals surface area contributed by atoms with Crippen LogP contribution in [0, 0.1) is 122 Å². The fraction of sp³-hybridized carbons (Fsp3) is 0.833. The number of unbranched alkanes of at least 4 members (excludes halogenated alkanes) is 2. The quantitative estimate of drug-likeness (QED) is 0.0795. The van der Waals surface area contributed by atoms with Crippen LogP contribution in [-0.4, -0.2) is 35.0 Å². The Bertz CT molecular complexity index is 2360. The Morgan fingerprint density at radius 3 is 1.93 bits per heavy atom. The lowest BCUT2D eigenvalue weighted by molar-refractivity contribution is -0.168. The zero-order valence-electron chi connectivity index (χ0n) is 57.2. The van der Waals surface area contributed by atoms with Crippen LogP contribution in [0.2, 0.25) is 0 Å². The number of hydrogen-bond acceptors (Lipinski definition) is 6. The number of carbonyl (C=O) groups excluding carboxylic acids is 3. The van der Waals surface area contributed by atoms with Crippen LogP contribution in [0.15, 0.2) is 42.5 Å². The van der Waals surface area contributed by atoms with E-state index in [0.29, 0.717) is 64.1 Å². The highest BCUT2D eigenvalue weighted by atomic mass is 16.5. The summed E-state index contributed by atoms with van der Waals surface area (Å²) in [6.45, 7) is 43.9. The van der Waals surface area contributed by atoms with Crippen LogP contribution >= 0.6 is 0 Å². The highest BCUT2D eigenvalue weighted by molar-refractivity contribution is 5.80. The fourth-order valence-corrected chi connectivity index (χ4v) is 20.4. The minimum atomic E-state index is -0.108. The van der Waals surface area contributed by atoms with E-state index in [2.05, 4.69) is 103 Å². The van der Waals surface area contributed by atoms with Crippen molar-refractivity contribution in [3.05, 3.63) is 53.6 Å². The zero-order chi connectivity index (χ0) is 61.6. The van der Waals surface area contributed by atoms with Crippen molar-refractivity contribution >= 4 is 23.3 Å². The first-order valence-corrected chi connectivity index (χ1v) is 35.6. The average Bonchev–Trinajstić information content (AvgIpc) is 1.37.